The van der Waals surface area contributed by atoms with E-state index < -0.39 is 0 Å². The number of nitrogens with zero attached hydrogens (tertiary/aromatic N) is 1. The largest absolute Gasteiger partial charge is 0.445 e. The van der Waals surface area contributed by atoms with E-state index in [1.807, 2.05) is 18.2 Å². The third kappa shape index (κ3) is 4.28. The molecule has 6 rings (SSSR count). The lowest BCUT2D eigenvalue weighted by atomic mass is 9.85. The molecule has 0 unspecified atom stereocenters. The molecule has 3 saturated heterocycles. The normalized spacial score (nSPS) is 27.5. The van der Waals surface area contributed by atoms with Gasteiger partial charge in [-0.25, -0.2) is 9.18 Å². The van der Waals surface area contributed by atoms with E-state index in [0.717, 1.165) is 55.6 Å². The zero-order valence-corrected chi connectivity index (χ0v) is 20.2. The molecule has 3 aliphatic heterocycles. The van der Waals surface area contributed by atoms with Gasteiger partial charge < -0.3 is 10.1 Å². The SMILES string of the molecule is CC(C)c1cccc(-c2cc3c(cc2F)[C@H](NC(=O)O[C@@H]2CN4CCC2CC4)C(C)(C)C3)c1. The van der Waals surface area contributed by atoms with Crippen molar-refractivity contribution in [3.8, 4) is 11.1 Å². The number of hydrogen-bond acceptors (Lipinski definition) is 3. The van der Waals surface area contributed by atoms with Crippen molar-refractivity contribution < 1.29 is 13.9 Å². The molecule has 1 amide bonds. The Morgan fingerprint density at radius 3 is 2.61 bits per heavy atom. The second kappa shape index (κ2) is 8.43. The molecule has 176 valence electrons. The van der Waals surface area contributed by atoms with Crippen molar-refractivity contribution in [2.75, 3.05) is 19.6 Å². The number of rotatable bonds is 4. The van der Waals surface area contributed by atoms with Crippen LogP contribution in [-0.4, -0.2) is 36.7 Å². The van der Waals surface area contributed by atoms with Crippen LogP contribution in [-0.2, 0) is 11.2 Å². The number of alkyl carbamates (subject to hydrolysis) is 1. The lowest BCUT2D eigenvalue weighted by Crippen LogP contribution is -2.53. The third-order valence-corrected chi connectivity index (χ3v) is 7.95. The minimum Gasteiger partial charge on any atom is -0.445 e. The van der Waals surface area contributed by atoms with Gasteiger partial charge in [-0.1, -0.05) is 52.0 Å². The number of carbonyl (C=O) groups is 1. The summed E-state index contributed by atoms with van der Waals surface area (Å²) in [5.74, 6) is 0.605. The Morgan fingerprint density at radius 1 is 1.18 bits per heavy atom. The van der Waals surface area contributed by atoms with E-state index in [9.17, 15) is 4.79 Å². The Bertz CT molecular complexity index is 1060. The molecule has 1 aliphatic carbocycles. The summed E-state index contributed by atoms with van der Waals surface area (Å²) in [5.41, 5.74) is 4.47. The number of hydrogen-bond donors (Lipinski definition) is 1. The first-order valence-electron chi connectivity index (χ1n) is 12.3. The van der Waals surface area contributed by atoms with Gasteiger partial charge in [-0.2, -0.15) is 0 Å². The van der Waals surface area contributed by atoms with Gasteiger partial charge >= 0.3 is 6.09 Å². The second-order valence-electron chi connectivity index (χ2n) is 11.1. The fourth-order valence-electron chi connectivity index (χ4n) is 5.96. The maximum absolute atomic E-state index is 15.4. The van der Waals surface area contributed by atoms with E-state index in [1.54, 1.807) is 6.07 Å². The van der Waals surface area contributed by atoms with Gasteiger partial charge in [0.1, 0.15) is 11.9 Å². The average molecular weight is 451 g/mol. The summed E-state index contributed by atoms with van der Waals surface area (Å²) in [5, 5.41) is 3.10. The summed E-state index contributed by atoms with van der Waals surface area (Å²) in [6.07, 6.45) is 2.56. The van der Waals surface area contributed by atoms with Gasteiger partial charge in [0.2, 0.25) is 0 Å². The Labute approximate surface area is 196 Å². The summed E-state index contributed by atoms with van der Waals surface area (Å²) in [4.78, 5) is 15.2. The van der Waals surface area contributed by atoms with Crippen LogP contribution in [0.15, 0.2) is 36.4 Å². The maximum Gasteiger partial charge on any atom is 0.407 e. The predicted octanol–water partition coefficient (Wildman–Crippen LogP) is 6.06. The van der Waals surface area contributed by atoms with Crippen LogP contribution in [0.1, 0.15) is 69.2 Å². The van der Waals surface area contributed by atoms with Gasteiger partial charge in [-0.15, -0.1) is 0 Å². The van der Waals surface area contributed by atoms with Crippen LogP contribution in [0, 0.1) is 17.2 Å². The van der Waals surface area contributed by atoms with E-state index in [0.29, 0.717) is 17.4 Å². The Morgan fingerprint density at radius 2 is 1.94 bits per heavy atom. The number of fused-ring (bicyclic) bond motifs is 4. The fourth-order valence-corrected chi connectivity index (χ4v) is 5.96. The summed E-state index contributed by atoms with van der Waals surface area (Å²) in [6, 6.07) is 11.5. The molecule has 0 radical (unpaired) electrons. The number of carbonyl (C=O) groups excluding carboxylic acids is 1. The number of ether oxygens (including phenoxy) is 1. The van der Waals surface area contributed by atoms with Crippen LogP contribution in [0.4, 0.5) is 9.18 Å². The molecule has 2 bridgehead atoms. The fraction of sp³-hybridized carbons (Fsp3) is 0.536. The van der Waals surface area contributed by atoms with Crippen molar-refractivity contribution in [2.45, 2.75) is 65.0 Å². The number of halogens is 1. The molecule has 0 spiro atoms. The second-order valence-corrected chi connectivity index (χ2v) is 11.1. The molecular formula is C28H35FN2O2. The van der Waals surface area contributed by atoms with E-state index in [2.05, 4.69) is 50.0 Å². The van der Waals surface area contributed by atoms with Crippen LogP contribution in [0.25, 0.3) is 11.1 Å². The van der Waals surface area contributed by atoms with E-state index in [-0.39, 0.29) is 29.5 Å². The van der Waals surface area contributed by atoms with Crippen LogP contribution >= 0.6 is 0 Å². The van der Waals surface area contributed by atoms with Gasteiger partial charge in [0, 0.05) is 12.1 Å². The first kappa shape index (κ1) is 22.4. The van der Waals surface area contributed by atoms with Gasteiger partial charge in [-0.3, -0.25) is 4.90 Å². The number of amides is 1. The quantitative estimate of drug-likeness (QED) is 0.616. The van der Waals surface area contributed by atoms with Gasteiger partial charge in [-0.05, 0) is 84.0 Å². The molecule has 4 nitrogen and oxygen atoms in total. The Balaban J connectivity index is 1.37. The van der Waals surface area contributed by atoms with Crippen molar-refractivity contribution in [1.29, 1.82) is 0 Å². The highest BCUT2D eigenvalue weighted by Crippen LogP contribution is 2.47. The minimum absolute atomic E-state index is 0.0381. The van der Waals surface area contributed by atoms with Crippen LogP contribution < -0.4 is 5.32 Å². The summed E-state index contributed by atoms with van der Waals surface area (Å²) in [6.45, 7) is 11.6. The molecule has 3 fully saturated rings. The van der Waals surface area contributed by atoms with Crippen molar-refractivity contribution in [1.82, 2.24) is 10.2 Å². The lowest BCUT2D eigenvalue weighted by Gasteiger charge is -2.44. The molecule has 2 atom stereocenters. The monoisotopic (exact) mass is 450 g/mol. The number of piperidine rings is 3. The number of benzene rings is 2. The highest BCUT2D eigenvalue weighted by Gasteiger charge is 2.42. The third-order valence-electron chi connectivity index (χ3n) is 7.95. The standard InChI is InChI=1S/C28H35FN2O2/c1-17(2)19-6-5-7-20(12-19)22-13-21-15-28(3,4)26(23(21)14-24(22)29)30-27(32)33-25-16-31-10-8-18(25)9-11-31/h5-7,12-14,17-18,25-26H,8-11,15-16H2,1-4H3,(H,30,32)/t25-,26+/m1/s1. The molecule has 2 aromatic rings. The average Bonchev–Trinajstić information content (AvgIpc) is 3.03. The first-order valence-corrected chi connectivity index (χ1v) is 12.3. The van der Waals surface area contributed by atoms with Gasteiger partial charge in [0.05, 0.1) is 6.04 Å². The summed E-state index contributed by atoms with van der Waals surface area (Å²) in [7, 11) is 0. The van der Waals surface area contributed by atoms with Crippen molar-refractivity contribution in [3.63, 3.8) is 0 Å². The molecule has 33 heavy (non-hydrogen) atoms. The first-order chi connectivity index (χ1) is 15.7. The molecule has 3 heterocycles. The van der Waals surface area contributed by atoms with Gasteiger partial charge in [0.15, 0.2) is 0 Å². The maximum atomic E-state index is 15.4. The highest BCUT2D eigenvalue weighted by molar-refractivity contribution is 5.71. The molecule has 2 aromatic carbocycles. The van der Waals surface area contributed by atoms with Crippen LogP contribution in [0.3, 0.4) is 0 Å². The highest BCUT2D eigenvalue weighted by atomic mass is 19.1. The molecule has 0 aromatic heterocycles. The topological polar surface area (TPSA) is 41.6 Å². The lowest BCUT2D eigenvalue weighted by molar-refractivity contribution is -0.0349. The predicted molar refractivity (Wildman–Crippen MR) is 129 cm³/mol. The van der Waals surface area contributed by atoms with E-state index in [4.69, 9.17) is 4.74 Å². The summed E-state index contributed by atoms with van der Waals surface area (Å²) >= 11 is 0. The van der Waals surface area contributed by atoms with Gasteiger partial charge in [0.25, 0.3) is 0 Å². The molecular weight excluding hydrogens is 415 g/mol. The van der Waals surface area contributed by atoms with Crippen LogP contribution in [0.2, 0.25) is 0 Å². The Hall–Kier alpha value is -2.40. The van der Waals surface area contributed by atoms with Crippen molar-refractivity contribution in [2.24, 2.45) is 11.3 Å². The smallest absolute Gasteiger partial charge is 0.407 e. The number of nitrogens with one attached hydrogen (secondary N) is 1. The summed E-state index contributed by atoms with van der Waals surface area (Å²) < 4.78 is 21.2. The zero-order valence-electron chi connectivity index (χ0n) is 20.2. The zero-order chi connectivity index (χ0) is 23.3. The molecule has 0 saturated carbocycles. The van der Waals surface area contributed by atoms with Crippen molar-refractivity contribution >= 4 is 6.09 Å². The molecule has 1 N–H and O–H groups in total. The Kier molecular flexibility index (Phi) is 5.72. The van der Waals surface area contributed by atoms with Crippen LogP contribution in [0.5, 0.6) is 0 Å². The molecule has 4 aliphatic rings. The van der Waals surface area contributed by atoms with E-state index in [1.165, 1.54) is 5.56 Å². The molecule has 5 heteroatoms. The van der Waals surface area contributed by atoms with E-state index >= 15 is 4.39 Å². The van der Waals surface area contributed by atoms with Crippen molar-refractivity contribution in [3.05, 3.63) is 58.9 Å². The minimum atomic E-state index is -0.381.